The molecule has 6 nitrogen and oxygen atoms in total. The van der Waals surface area contributed by atoms with E-state index in [1.807, 2.05) is 20.8 Å². The van der Waals surface area contributed by atoms with Gasteiger partial charge in [-0.3, -0.25) is 0 Å². The first kappa shape index (κ1) is 20.4. The minimum atomic E-state index is -4.42. The summed E-state index contributed by atoms with van der Waals surface area (Å²) in [5, 5.41) is 7.42. The summed E-state index contributed by atoms with van der Waals surface area (Å²) in [4.78, 5) is 0. The quantitative estimate of drug-likeness (QED) is 0.810. The Hall–Kier alpha value is -1.29. The molecule has 3 atom stereocenters. The third-order valence-electron chi connectivity index (χ3n) is 5.48. The molecule has 1 saturated heterocycles. The van der Waals surface area contributed by atoms with Crippen LogP contribution < -0.4 is 5.32 Å². The SMILES string of the molecule is CC(C)(C)[C@@H]1C[C@H](C(F)(F)F)n2nc([C@@H]3CCCCN3S(C)(=O)=O)cc2N1. The number of hydrogen-bond donors (Lipinski definition) is 1. The van der Waals surface area contributed by atoms with Crippen LogP contribution in [0.3, 0.4) is 0 Å². The molecule has 0 radical (unpaired) electrons. The van der Waals surface area contributed by atoms with Crippen molar-refractivity contribution in [1.29, 1.82) is 0 Å². The molecule has 2 aliphatic heterocycles. The van der Waals surface area contributed by atoms with Crippen molar-refractivity contribution in [2.75, 3.05) is 18.1 Å². The summed E-state index contributed by atoms with van der Waals surface area (Å²) in [6.07, 6.45) is -1.28. The van der Waals surface area contributed by atoms with Crippen molar-refractivity contribution in [2.24, 2.45) is 5.41 Å². The van der Waals surface area contributed by atoms with Gasteiger partial charge in [-0.05, 0) is 24.7 Å². The first-order chi connectivity index (χ1) is 12.3. The van der Waals surface area contributed by atoms with Crippen LogP contribution in [-0.2, 0) is 10.0 Å². The molecule has 0 aromatic carbocycles. The van der Waals surface area contributed by atoms with Crippen molar-refractivity contribution in [2.45, 2.75) is 70.8 Å². The average Bonchev–Trinajstić information content (AvgIpc) is 2.95. The van der Waals surface area contributed by atoms with E-state index in [0.29, 0.717) is 24.5 Å². The van der Waals surface area contributed by atoms with Gasteiger partial charge in [-0.15, -0.1) is 0 Å². The topological polar surface area (TPSA) is 67.2 Å². The first-order valence-corrected chi connectivity index (χ1v) is 11.0. The molecule has 0 bridgehead atoms. The van der Waals surface area contributed by atoms with Gasteiger partial charge in [0.2, 0.25) is 10.0 Å². The van der Waals surface area contributed by atoms with Crippen molar-refractivity contribution in [1.82, 2.24) is 14.1 Å². The van der Waals surface area contributed by atoms with E-state index >= 15 is 0 Å². The highest BCUT2D eigenvalue weighted by Crippen LogP contribution is 2.44. The monoisotopic (exact) mass is 408 g/mol. The van der Waals surface area contributed by atoms with E-state index in [1.54, 1.807) is 6.07 Å². The standard InChI is InChI=1S/C17H27F3N4O2S/c1-16(2,3)13-10-14(17(18,19)20)24-15(21-13)9-11(22-24)12-7-5-6-8-23(12)27(4,25)26/h9,12-14,21H,5-8,10H2,1-4H3/t12-,13-,14+/m0/s1. The average molecular weight is 408 g/mol. The number of sulfonamides is 1. The lowest BCUT2D eigenvalue weighted by Gasteiger charge is -2.39. The zero-order valence-corrected chi connectivity index (χ0v) is 16.9. The Bertz CT molecular complexity index is 798. The number of fused-ring (bicyclic) bond motifs is 1. The molecule has 3 rings (SSSR count). The Labute approximate surface area is 158 Å². The first-order valence-electron chi connectivity index (χ1n) is 9.18. The van der Waals surface area contributed by atoms with E-state index in [1.165, 1.54) is 4.31 Å². The maximum atomic E-state index is 13.7. The Morgan fingerprint density at radius 1 is 1.22 bits per heavy atom. The Morgan fingerprint density at radius 2 is 1.89 bits per heavy atom. The summed E-state index contributed by atoms with van der Waals surface area (Å²) >= 11 is 0. The minimum absolute atomic E-state index is 0.110. The van der Waals surface area contributed by atoms with Gasteiger partial charge in [0.15, 0.2) is 6.04 Å². The van der Waals surface area contributed by atoms with Crippen LogP contribution in [-0.4, -0.2) is 47.5 Å². The van der Waals surface area contributed by atoms with E-state index in [9.17, 15) is 21.6 Å². The number of nitrogens with one attached hydrogen (secondary N) is 1. The summed E-state index contributed by atoms with van der Waals surface area (Å²) in [7, 11) is -3.46. The van der Waals surface area contributed by atoms with Gasteiger partial charge in [-0.25, -0.2) is 13.1 Å². The maximum absolute atomic E-state index is 13.7. The van der Waals surface area contributed by atoms with Crippen molar-refractivity contribution in [3.05, 3.63) is 11.8 Å². The highest BCUT2D eigenvalue weighted by atomic mass is 32.2. The maximum Gasteiger partial charge on any atom is 0.410 e. The van der Waals surface area contributed by atoms with Crippen LogP contribution in [0.15, 0.2) is 6.07 Å². The van der Waals surface area contributed by atoms with Crippen molar-refractivity contribution < 1.29 is 21.6 Å². The number of aromatic nitrogens is 2. The molecule has 0 aliphatic carbocycles. The van der Waals surface area contributed by atoms with E-state index < -0.39 is 28.3 Å². The van der Waals surface area contributed by atoms with Crippen LogP contribution in [0.1, 0.15) is 64.2 Å². The number of hydrogen-bond acceptors (Lipinski definition) is 4. The number of halogens is 3. The van der Waals surface area contributed by atoms with Crippen LogP contribution in [0, 0.1) is 5.41 Å². The lowest BCUT2D eigenvalue weighted by atomic mass is 9.82. The van der Waals surface area contributed by atoms with Crippen molar-refractivity contribution in [3.63, 3.8) is 0 Å². The largest absolute Gasteiger partial charge is 0.410 e. The zero-order valence-electron chi connectivity index (χ0n) is 16.0. The second-order valence-corrected chi connectivity index (χ2v) is 10.6. The van der Waals surface area contributed by atoms with Crippen LogP contribution in [0.5, 0.6) is 0 Å². The number of anilines is 1. The van der Waals surface area contributed by atoms with Gasteiger partial charge in [0.05, 0.1) is 18.0 Å². The molecule has 154 valence electrons. The summed E-state index contributed by atoms with van der Waals surface area (Å²) in [6, 6.07) is -1.01. The van der Waals surface area contributed by atoms with Gasteiger partial charge >= 0.3 is 6.18 Å². The predicted octanol–water partition coefficient (Wildman–Crippen LogP) is 3.70. The summed E-state index contributed by atoms with van der Waals surface area (Å²) in [5.74, 6) is 0.303. The van der Waals surface area contributed by atoms with Gasteiger partial charge in [-0.1, -0.05) is 27.2 Å². The van der Waals surface area contributed by atoms with Crippen molar-refractivity contribution in [3.8, 4) is 0 Å². The number of alkyl halides is 3. The minimum Gasteiger partial charge on any atom is -0.367 e. The van der Waals surface area contributed by atoms with Gasteiger partial charge in [0.25, 0.3) is 0 Å². The lowest BCUT2D eigenvalue weighted by Crippen LogP contribution is -2.44. The molecule has 0 spiro atoms. The highest BCUT2D eigenvalue weighted by molar-refractivity contribution is 7.88. The van der Waals surface area contributed by atoms with Crippen molar-refractivity contribution >= 4 is 15.8 Å². The third kappa shape index (κ3) is 4.11. The Morgan fingerprint density at radius 3 is 2.44 bits per heavy atom. The lowest BCUT2D eigenvalue weighted by molar-refractivity contribution is -0.175. The second kappa shape index (κ2) is 6.65. The molecule has 1 fully saturated rings. The number of rotatable bonds is 2. The molecule has 27 heavy (non-hydrogen) atoms. The zero-order chi connectivity index (χ0) is 20.2. The van der Waals surface area contributed by atoms with Gasteiger partial charge in [0.1, 0.15) is 5.82 Å². The van der Waals surface area contributed by atoms with E-state index in [0.717, 1.165) is 23.8 Å². The molecular formula is C17H27F3N4O2S. The number of piperidine rings is 1. The molecule has 1 N–H and O–H groups in total. The van der Waals surface area contributed by atoms with E-state index in [4.69, 9.17) is 0 Å². The van der Waals surface area contributed by atoms with Crippen LogP contribution in [0.2, 0.25) is 0 Å². The third-order valence-corrected chi connectivity index (χ3v) is 6.76. The Kier molecular flexibility index (Phi) is 5.03. The van der Waals surface area contributed by atoms with Crippen LogP contribution >= 0.6 is 0 Å². The number of nitrogens with zero attached hydrogens (tertiary/aromatic N) is 3. The summed E-state index contributed by atoms with van der Waals surface area (Å²) < 4.78 is 67.7. The van der Waals surface area contributed by atoms with E-state index in [2.05, 4.69) is 10.4 Å². The normalized spacial score (nSPS) is 27.9. The fourth-order valence-electron chi connectivity index (χ4n) is 3.92. The fraction of sp³-hybridized carbons (Fsp3) is 0.824. The fourth-order valence-corrected chi connectivity index (χ4v) is 5.06. The molecule has 0 unspecified atom stereocenters. The van der Waals surface area contributed by atoms with Crippen LogP contribution in [0.25, 0.3) is 0 Å². The smallest absolute Gasteiger partial charge is 0.367 e. The molecular weight excluding hydrogens is 381 g/mol. The summed E-state index contributed by atoms with van der Waals surface area (Å²) in [5.41, 5.74) is 0.0226. The summed E-state index contributed by atoms with van der Waals surface area (Å²) in [6.45, 7) is 6.07. The molecule has 1 aromatic rings. The molecule has 0 amide bonds. The molecule has 2 aliphatic rings. The van der Waals surface area contributed by atoms with Gasteiger partial charge in [0, 0.05) is 18.7 Å². The highest BCUT2D eigenvalue weighted by Gasteiger charge is 2.48. The molecule has 10 heteroatoms. The second-order valence-electron chi connectivity index (χ2n) is 8.64. The predicted molar refractivity (Wildman–Crippen MR) is 96.9 cm³/mol. The van der Waals surface area contributed by atoms with Gasteiger partial charge < -0.3 is 5.32 Å². The van der Waals surface area contributed by atoms with E-state index in [-0.39, 0.29) is 17.9 Å². The van der Waals surface area contributed by atoms with Crippen LogP contribution in [0.4, 0.5) is 19.0 Å². The molecule has 1 aromatic heterocycles. The molecule has 0 saturated carbocycles. The van der Waals surface area contributed by atoms with Gasteiger partial charge in [-0.2, -0.15) is 22.6 Å². The Balaban J connectivity index is 2.02. The molecule has 3 heterocycles.